The molecular formula is C13H15N3O2. The van der Waals surface area contributed by atoms with Crippen LogP contribution in [0.3, 0.4) is 0 Å². The van der Waals surface area contributed by atoms with Crippen molar-refractivity contribution in [1.29, 1.82) is 0 Å². The largest absolute Gasteiger partial charge is 0.496 e. The van der Waals surface area contributed by atoms with E-state index in [1.807, 2.05) is 24.4 Å². The van der Waals surface area contributed by atoms with E-state index in [1.165, 1.54) is 0 Å². The number of H-pyrrole nitrogens is 1. The standard InChI is InChI=1S/C13H15N3O2/c1-18-10-3-2-9-8(4-5-14-9)11(10)12-13(17)16-7-6-15-12/h2-5,12,14-15H,6-7H2,1H3,(H,16,17). The van der Waals surface area contributed by atoms with Gasteiger partial charge in [-0.2, -0.15) is 0 Å². The SMILES string of the molecule is COc1ccc2[nH]ccc2c1C1NCCNC1=O. The molecule has 1 aromatic carbocycles. The monoisotopic (exact) mass is 245 g/mol. The predicted octanol–water partition coefficient (Wildman–Crippen LogP) is 0.937. The van der Waals surface area contributed by atoms with Crippen LogP contribution in [0.4, 0.5) is 0 Å². The van der Waals surface area contributed by atoms with Gasteiger partial charge in [-0.05, 0) is 18.2 Å². The van der Waals surface area contributed by atoms with E-state index >= 15 is 0 Å². The van der Waals surface area contributed by atoms with Crippen LogP contribution < -0.4 is 15.4 Å². The lowest BCUT2D eigenvalue weighted by atomic mass is 9.99. The van der Waals surface area contributed by atoms with E-state index in [2.05, 4.69) is 15.6 Å². The van der Waals surface area contributed by atoms with Crippen molar-refractivity contribution >= 4 is 16.8 Å². The van der Waals surface area contributed by atoms with Crippen molar-refractivity contribution in [2.24, 2.45) is 0 Å². The lowest BCUT2D eigenvalue weighted by Crippen LogP contribution is -2.47. The van der Waals surface area contributed by atoms with Crippen LogP contribution in [0.2, 0.25) is 0 Å². The number of carbonyl (C=O) groups is 1. The number of benzene rings is 1. The molecule has 0 radical (unpaired) electrons. The molecule has 0 spiro atoms. The van der Waals surface area contributed by atoms with Crippen molar-refractivity contribution in [1.82, 2.24) is 15.6 Å². The smallest absolute Gasteiger partial charge is 0.241 e. The highest BCUT2D eigenvalue weighted by Crippen LogP contribution is 2.33. The van der Waals surface area contributed by atoms with Crippen LogP contribution in [0.25, 0.3) is 10.9 Å². The van der Waals surface area contributed by atoms with E-state index in [0.717, 1.165) is 28.8 Å². The van der Waals surface area contributed by atoms with Gasteiger partial charge in [0.15, 0.2) is 0 Å². The molecule has 3 N–H and O–H groups in total. The maximum Gasteiger partial charge on any atom is 0.241 e. The highest BCUT2D eigenvalue weighted by atomic mass is 16.5. The molecule has 1 aliphatic heterocycles. The first-order valence-corrected chi connectivity index (χ1v) is 5.96. The number of amides is 1. The van der Waals surface area contributed by atoms with Gasteiger partial charge in [0.25, 0.3) is 0 Å². The number of methoxy groups -OCH3 is 1. The van der Waals surface area contributed by atoms with Gasteiger partial charge in [-0.3, -0.25) is 4.79 Å². The number of ether oxygens (including phenoxy) is 1. The quantitative estimate of drug-likeness (QED) is 0.737. The first kappa shape index (κ1) is 11.1. The summed E-state index contributed by atoms with van der Waals surface area (Å²) in [5.74, 6) is 0.727. The van der Waals surface area contributed by atoms with Gasteiger partial charge < -0.3 is 20.4 Å². The van der Waals surface area contributed by atoms with E-state index < -0.39 is 0 Å². The second-order valence-electron chi connectivity index (χ2n) is 4.30. The molecule has 18 heavy (non-hydrogen) atoms. The first-order chi connectivity index (χ1) is 8.81. The molecule has 94 valence electrons. The number of aromatic amines is 1. The third-order valence-corrected chi connectivity index (χ3v) is 3.28. The van der Waals surface area contributed by atoms with Crippen LogP contribution in [-0.4, -0.2) is 31.1 Å². The van der Waals surface area contributed by atoms with Crippen molar-refractivity contribution in [2.75, 3.05) is 20.2 Å². The minimum atomic E-state index is -0.354. The molecule has 0 bridgehead atoms. The Morgan fingerprint density at radius 1 is 1.28 bits per heavy atom. The molecule has 2 heterocycles. The molecule has 1 saturated heterocycles. The summed E-state index contributed by atoms with van der Waals surface area (Å²) in [6, 6.07) is 5.46. The van der Waals surface area contributed by atoms with E-state index in [-0.39, 0.29) is 11.9 Å². The van der Waals surface area contributed by atoms with Gasteiger partial charge in [0.1, 0.15) is 11.8 Å². The van der Waals surface area contributed by atoms with E-state index in [9.17, 15) is 4.79 Å². The normalized spacial score (nSPS) is 19.8. The number of hydrogen-bond donors (Lipinski definition) is 3. The Labute approximate surface area is 105 Å². The van der Waals surface area contributed by atoms with E-state index in [1.54, 1.807) is 7.11 Å². The third kappa shape index (κ3) is 1.64. The fourth-order valence-electron chi connectivity index (χ4n) is 2.44. The number of piperazine rings is 1. The number of hydrogen-bond acceptors (Lipinski definition) is 3. The van der Waals surface area contributed by atoms with Crippen molar-refractivity contribution < 1.29 is 9.53 Å². The fourth-order valence-corrected chi connectivity index (χ4v) is 2.44. The summed E-state index contributed by atoms with van der Waals surface area (Å²) in [7, 11) is 1.62. The van der Waals surface area contributed by atoms with Crippen LogP contribution in [0.15, 0.2) is 24.4 Å². The summed E-state index contributed by atoms with van der Waals surface area (Å²) in [6.45, 7) is 1.43. The van der Waals surface area contributed by atoms with Crippen LogP contribution in [-0.2, 0) is 4.79 Å². The number of aromatic nitrogens is 1. The zero-order valence-electron chi connectivity index (χ0n) is 10.1. The molecule has 1 aliphatic rings. The average molecular weight is 245 g/mol. The zero-order chi connectivity index (χ0) is 12.5. The Bertz CT molecular complexity index is 591. The molecule has 3 rings (SSSR count). The fraction of sp³-hybridized carbons (Fsp3) is 0.308. The van der Waals surface area contributed by atoms with Gasteiger partial charge >= 0.3 is 0 Å². The molecule has 0 saturated carbocycles. The van der Waals surface area contributed by atoms with E-state index in [0.29, 0.717) is 6.54 Å². The lowest BCUT2D eigenvalue weighted by molar-refractivity contribution is -0.124. The second-order valence-corrected chi connectivity index (χ2v) is 4.30. The summed E-state index contributed by atoms with van der Waals surface area (Å²) in [5, 5.41) is 7.12. The number of nitrogens with one attached hydrogen (secondary N) is 3. The molecule has 1 atom stereocenters. The number of rotatable bonds is 2. The Balaban J connectivity index is 2.18. The first-order valence-electron chi connectivity index (χ1n) is 5.96. The Hall–Kier alpha value is -2.01. The molecule has 1 unspecified atom stereocenters. The molecule has 1 aromatic heterocycles. The van der Waals surface area contributed by atoms with Crippen molar-refractivity contribution in [3.05, 3.63) is 30.0 Å². The predicted molar refractivity (Wildman–Crippen MR) is 68.6 cm³/mol. The zero-order valence-corrected chi connectivity index (χ0v) is 10.1. The van der Waals surface area contributed by atoms with E-state index in [4.69, 9.17) is 4.74 Å². The van der Waals surface area contributed by atoms with Crippen LogP contribution >= 0.6 is 0 Å². The van der Waals surface area contributed by atoms with Gasteiger partial charge in [0, 0.05) is 35.8 Å². The van der Waals surface area contributed by atoms with Gasteiger partial charge in [0.2, 0.25) is 5.91 Å². The summed E-state index contributed by atoms with van der Waals surface area (Å²) in [4.78, 5) is 15.1. The summed E-state index contributed by atoms with van der Waals surface area (Å²) >= 11 is 0. The van der Waals surface area contributed by atoms with Crippen molar-refractivity contribution in [3.63, 3.8) is 0 Å². The minimum absolute atomic E-state index is 0.00625. The topological polar surface area (TPSA) is 66.2 Å². The maximum atomic E-state index is 12.0. The lowest BCUT2D eigenvalue weighted by Gasteiger charge is -2.25. The Morgan fingerprint density at radius 2 is 2.17 bits per heavy atom. The summed E-state index contributed by atoms with van der Waals surface area (Å²) in [6.07, 6.45) is 1.87. The third-order valence-electron chi connectivity index (χ3n) is 3.28. The van der Waals surface area contributed by atoms with Gasteiger partial charge in [-0.1, -0.05) is 0 Å². The highest BCUT2D eigenvalue weighted by Gasteiger charge is 2.28. The van der Waals surface area contributed by atoms with Gasteiger partial charge in [0.05, 0.1) is 7.11 Å². The van der Waals surface area contributed by atoms with Crippen molar-refractivity contribution in [2.45, 2.75) is 6.04 Å². The average Bonchev–Trinajstić information content (AvgIpc) is 2.86. The van der Waals surface area contributed by atoms with Crippen LogP contribution in [0.5, 0.6) is 5.75 Å². The second kappa shape index (κ2) is 4.34. The van der Waals surface area contributed by atoms with Gasteiger partial charge in [-0.25, -0.2) is 0 Å². The number of carbonyl (C=O) groups excluding carboxylic acids is 1. The molecule has 1 fully saturated rings. The van der Waals surface area contributed by atoms with Crippen molar-refractivity contribution in [3.8, 4) is 5.75 Å². The molecule has 0 aliphatic carbocycles. The molecule has 2 aromatic rings. The van der Waals surface area contributed by atoms with Crippen LogP contribution in [0.1, 0.15) is 11.6 Å². The molecule has 5 heteroatoms. The highest BCUT2D eigenvalue weighted by molar-refractivity contribution is 5.93. The Morgan fingerprint density at radius 3 is 2.94 bits per heavy atom. The summed E-state index contributed by atoms with van der Waals surface area (Å²) < 4.78 is 5.39. The maximum absolute atomic E-state index is 12.0. The molecule has 5 nitrogen and oxygen atoms in total. The molecule has 1 amide bonds. The summed E-state index contributed by atoms with van der Waals surface area (Å²) in [5.41, 5.74) is 1.90. The Kier molecular flexibility index (Phi) is 2.68. The van der Waals surface area contributed by atoms with Gasteiger partial charge in [-0.15, -0.1) is 0 Å². The molecular weight excluding hydrogens is 230 g/mol. The minimum Gasteiger partial charge on any atom is -0.496 e. The van der Waals surface area contributed by atoms with Crippen LogP contribution in [0, 0.1) is 0 Å². The number of fused-ring (bicyclic) bond motifs is 1.